The molecule has 0 aliphatic heterocycles. The fourth-order valence-electron chi connectivity index (χ4n) is 1.58. The molecule has 1 aromatic heterocycles. The van der Waals surface area contributed by atoms with Gasteiger partial charge in [0.25, 0.3) is 0 Å². The van der Waals surface area contributed by atoms with E-state index < -0.39 is 0 Å². The lowest BCUT2D eigenvalue weighted by molar-refractivity contribution is 0.406. The van der Waals surface area contributed by atoms with E-state index in [-0.39, 0.29) is 5.54 Å². The second kappa shape index (κ2) is 6.25. The van der Waals surface area contributed by atoms with Crippen LogP contribution in [0.15, 0.2) is 6.07 Å². The SMILES string of the molecule is Cc1cc(CNC(C)(C)C)nc(CCN(C)C)n1. The second-order valence-corrected chi connectivity index (χ2v) is 6.07. The van der Waals surface area contributed by atoms with Crippen molar-refractivity contribution in [3.05, 3.63) is 23.3 Å². The summed E-state index contributed by atoms with van der Waals surface area (Å²) >= 11 is 0. The molecule has 4 heteroatoms. The average Bonchev–Trinajstić information content (AvgIpc) is 2.22. The maximum absolute atomic E-state index is 4.61. The van der Waals surface area contributed by atoms with Crippen LogP contribution < -0.4 is 5.32 Å². The van der Waals surface area contributed by atoms with Gasteiger partial charge in [0.05, 0.1) is 5.69 Å². The Morgan fingerprint density at radius 3 is 2.44 bits per heavy atom. The Balaban J connectivity index is 2.68. The van der Waals surface area contributed by atoms with E-state index in [1.165, 1.54) is 0 Å². The van der Waals surface area contributed by atoms with Crippen LogP contribution in [-0.2, 0) is 13.0 Å². The summed E-state index contributed by atoms with van der Waals surface area (Å²) in [5, 5.41) is 3.46. The quantitative estimate of drug-likeness (QED) is 0.865. The van der Waals surface area contributed by atoms with Gasteiger partial charge in [-0.05, 0) is 47.9 Å². The fraction of sp³-hybridized carbons (Fsp3) is 0.714. The van der Waals surface area contributed by atoms with E-state index in [1.54, 1.807) is 0 Å². The summed E-state index contributed by atoms with van der Waals surface area (Å²) in [5.41, 5.74) is 2.23. The number of aryl methyl sites for hydroxylation is 1. The van der Waals surface area contributed by atoms with E-state index in [0.717, 1.165) is 36.7 Å². The van der Waals surface area contributed by atoms with Crippen molar-refractivity contribution in [2.24, 2.45) is 0 Å². The largest absolute Gasteiger partial charge is 0.309 e. The third kappa shape index (κ3) is 6.07. The molecule has 102 valence electrons. The van der Waals surface area contributed by atoms with Gasteiger partial charge < -0.3 is 10.2 Å². The highest BCUT2D eigenvalue weighted by molar-refractivity contribution is 5.10. The maximum Gasteiger partial charge on any atom is 0.130 e. The van der Waals surface area contributed by atoms with Gasteiger partial charge in [-0.3, -0.25) is 0 Å². The highest BCUT2D eigenvalue weighted by Gasteiger charge is 2.10. The van der Waals surface area contributed by atoms with E-state index in [2.05, 4.69) is 61.1 Å². The molecule has 0 saturated heterocycles. The Morgan fingerprint density at radius 1 is 1.22 bits per heavy atom. The molecule has 0 saturated carbocycles. The Morgan fingerprint density at radius 2 is 1.89 bits per heavy atom. The van der Waals surface area contributed by atoms with Crippen molar-refractivity contribution in [2.75, 3.05) is 20.6 Å². The molecular formula is C14H26N4. The standard InChI is InChI=1S/C14H26N4/c1-11-9-12(10-15-14(2,3)4)17-13(16-11)7-8-18(5)6/h9,15H,7-8,10H2,1-6H3. The zero-order valence-electron chi connectivity index (χ0n) is 12.5. The first-order valence-corrected chi connectivity index (χ1v) is 6.49. The Hall–Kier alpha value is -1.00. The van der Waals surface area contributed by atoms with E-state index in [9.17, 15) is 0 Å². The first-order valence-electron chi connectivity index (χ1n) is 6.49. The Labute approximate surface area is 111 Å². The van der Waals surface area contributed by atoms with Crippen molar-refractivity contribution in [3.8, 4) is 0 Å². The number of nitrogens with one attached hydrogen (secondary N) is 1. The molecule has 0 aromatic carbocycles. The van der Waals surface area contributed by atoms with Crippen LogP contribution in [0, 0.1) is 6.92 Å². The molecule has 0 amide bonds. The van der Waals surface area contributed by atoms with Crippen molar-refractivity contribution in [2.45, 2.75) is 46.2 Å². The smallest absolute Gasteiger partial charge is 0.130 e. The van der Waals surface area contributed by atoms with Gasteiger partial charge in [-0.2, -0.15) is 0 Å². The molecule has 0 bridgehead atoms. The number of aromatic nitrogens is 2. The van der Waals surface area contributed by atoms with Gasteiger partial charge in [0.15, 0.2) is 0 Å². The highest BCUT2D eigenvalue weighted by Crippen LogP contribution is 2.05. The molecule has 0 aliphatic rings. The molecule has 0 radical (unpaired) electrons. The van der Waals surface area contributed by atoms with Crippen LogP contribution in [0.1, 0.15) is 38.0 Å². The Kier molecular flexibility index (Phi) is 5.23. The first kappa shape index (κ1) is 15.1. The normalized spacial score (nSPS) is 12.2. The average molecular weight is 250 g/mol. The van der Waals surface area contributed by atoms with Gasteiger partial charge in [-0.15, -0.1) is 0 Å². The van der Waals surface area contributed by atoms with Gasteiger partial charge >= 0.3 is 0 Å². The molecule has 4 nitrogen and oxygen atoms in total. The summed E-state index contributed by atoms with van der Waals surface area (Å²) in [7, 11) is 4.13. The zero-order valence-corrected chi connectivity index (χ0v) is 12.5. The third-order valence-corrected chi connectivity index (χ3v) is 2.54. The predicted molar refractivity (Wildman–Crippen MR) is 75.6 cm³/mol. The molecule has 0 unspecified atom stereocenters. The van der Waals surface area contributed by atoms with Crippen molar-refractivity contribution in [1.29, 1.82) is 0 Å². The lowest BCUT2D eigenvalue weighted by atomic mass is 10.1. The fourth-order valence-corrected chi connectivity index (χ4v) is 1.58. The van der Waals surface area contributed by atoms with Crippen LogP contribution in [0.3, 0.4) is 0 Å². The van der Waals surface area contributed by atoms with Crippen LogP contribution in [-0.4, -0.2) is 41.0 Å². The number of rotatable bonds is 5. The molecule has 18 heavy (non-hydrogen) atoms. The molecule has 1 heterocycles. The van der Waals surface area contributed by atoms with E-state index in [4.69, 9.17) is 0 Å². The first-order chi connectivity index (χ1) is 8.26. The van der Waals surface area contributed by atoms with E-state index >= 15 is 0 Å². The van der Waals surface area contributed by atoms with Crippen LogP contribution in [0.25, 0.3) is 0 Å². The van der Waals surface area contributed by atoms with Crippen LogP contribution >= 0.6 is 0 Å². The van der Waals surface area contributed by atoms with Crippen molar-refractivity contribution >= 4 is 0 Å². The summed E-state index contributed by atoms with van der Waals surface area (Å²) < 4.78 is 0. The number of likely N-dealkylation sites (N-methyl/N-ethyl adjacent to an activating group) is 1. The second-order valence-electron chi connectivity index (χ2n) is 6.07. The summed E-state index contributed by atoms with van der Waals surface area (Å²) in [6.45, 7) is 10.3. The summed E-state index contributed by atoms with van der Waals surface area (Å²) in [4.78, 5) is 11.2. The lowest BCUT2D eigenvalue weighted by Gasteiger charge is -2.20. The van der Waals surface area contributed by atoms with Crippen LogP contribution in [0.4, 0.5) is 0 Å². The Bertz CT molecular complexity index is 380. The number of hydrogen-bond donors (Lipinski definition) is 1. The summed E-state index contributed by atoms with van der Waals surface area (Å²) in [6, 6.07) is 2.05. The zero-order chi connectivity index (χ0) is 13.8. The van der Waals surface area contributed by atoms with Crippen molar-refractivity contribution in [3.63, 3.8) is 0 Å². The molecule has 0 atom stereocenters. The monoisotopic (exact) mass is 250 g/mol. The number of hydrogen-bond acceptors (Lipinski definition) is 4. The van der Waals surface area contributed by atoms with Crippen molar-refractivity contribution < 1.29 is 0 Å². The summed E-state index contributed by atoms with van der Waals surface area (Å²) in [6.07, 6.45) is 0.900. The van der Waals surface area contributed by atoms with Crippen LogP contribution in [0.5, 0.6) is 0 Å². The van der Waals surface area contributed by atoms with Crippen LogP contribution in [0.2, 0.25) is 0 Å². The van der Waals surface area contributed by atoms with E-state index in [0.29, 0.717) is 0 Å². The topological polar surface area (TPSA) is 41.1 Å². The third-order valence-electron chi connectivity index (χ3n) is 2.54. The molecule has 1 rings (SSSR count). The maximum atomic E-state index is 4.61. The molecule has 1 N–H and O–H groups in total. The lowest BCUT2D eigenvalue weighted by Crippen LogP contribution is -2.35. The minimum Gasteiger partial charge on any atom is -0.309 e. The van der Waals surface area contributed by atoms with Gasteiger partial charge in [-0.25, -0.2) is 9.97 Å². The molecule has 1 aromatic rings. The molecular weight excluding hydrogens is 224 g/mol. The van der Waals surface area contributed by atoms with Gasteiger partial charge in [0.1, 0.15) is 5.82 Å². The molecule has 0 spiro atoms. The number of nitrogens with zero attached hydrogens (tertiary/aromatic N) is 3. The highest BCUT2D eigenvalue weighted by atomic mass is 15.1. The van der Waals surface area contributed by atoms with Gasteiger partial charge in [-0.1, -0.05) is 0 Å². The molecule has 0 fully saturated rings. The predicted octanol–water partition coefficient (Wildman–Crippen LogP) is 1.78. The van der Waals surface area contributed by atoms with Gasteiger partial charge in [0, 0.05) is 30.7 Å². The molecule has 0 aliphatic carbocycles. The van der Waals surface area contributed by atoms with Gasteiger partial charge in [0.2, 0.25) is 0 Å². The van der Waals surface area contributed by atoms with E-state index in [1.807, 2.05) is 6.92 Å². The minimum absolute atomic E-state index is 0.114. The minimum atomic E-state index is 0.114. The summed E-state index contributed by atoms with van der Waals surface area (Å²) in [5.74, 6) is 0.939. The van der Waals surface area contributed by atoms with Crippen molar-refractivity contribution in [1.82, 2.24) is 20.2 Å².